The number of nitrogens with one attached hydrogen (secondary N) is 1. The Morgan fingerprint density at radius 3 is 2.68 bits per heavy atom. The van der Waals surface area contributed by atoms with E-state index < -0.39 is 0 Å². The molecule has 1 saturated carbocycles. The molecule has 1 fully saturated rings. The first kappa shape index (κ1) is 23.1. The van der Waals surface area contributed by atoms with E-state index >= 15 is 0 Å². The highest BCUT2D eigenvalue weighted by molar-refractivity contribution is 7.16. The van der Waals surface area contributed by atoms with Crippen molar-refractivity contribution >= 4 is 39.2 Å². The van der Waals surface area contributed by atoms with E-state index in [1.54, 1.807) is 11.3 Å². The van der Waals surface area contributed by atoms with Gasteiger partial charge in [0.15, 0.2) is 0 Å². The van der Waals surface area contributed by atoms with Gasteiger partial charge in [0.05, 0.1) is 11.7 Å². The minimum atomic E-state index is 0.0648. The molecule has 34 heavy (non-hydrogen) atoms. The van der Waals surface area contributed by atoms with Gasteiger partial charge in [-0.05, 0) is 74.8 Å². The molecule has 178 valence electrons. The Kier molecular flexibility index (Phi) is 7.00. The van der Waals surface area contributed by atoms with E-state index in [9.17, 15) is 4.79 Å². The van der Waals surface area contributed by atoms with Crippen LogP contribution < -0.4 is 10.1 Å². The van der Waals surface area contributed by atoms with Crippen molar-refractivity contribution in [2.45, 2.75) is 83.8 Å². The second-order valence-electron chi connectivity index (χ2n) is 9.82. The maximum absolute atomic E-state index is 13.5. The number of benzene rings is 2. The van der Waals surface area contributed by atoms with E-state index in [4.69, 9.17) is 9.73 Å². The zero-order valence-electron chi connectivity index (χ0n) is 20.2. The first-order valence-corrected chi connectivity index (χ1v) is 13.6. The predicted molar refractivity (Wildman–Crippen MR) is 142 cm³/mol. The molecule has 0 atom stereocenters. The van der Waals surface area contributed by atoms with Crippen molar-refractivity contribution in [3.05, 3.63) is 58.0 Å². The van der Waals surface area contributed by atoms with Gasteiger partial charge >= 0.3 is 0 Å². The van der Waals surface area contributed by atoms with E-state index in [2.05, 4.69) is 23.5 Å². The highest BCUT2D eigenvalue weighted by atomic mass is 32.1. The Morgan fingerprint density at radius 1 is 1.06 bits per heavy atom. The van der Waals surface area contributed by atoms with Crippen LogP contribution in [0.15, 0.2) is 41.4 Å². The molecule has 2 aromatic carbocycles. The van der Waals surface area contributed by atoms with Crippen LogP contribution in [0.4, 0.5) is 5.00 Å². The molecular formula is C29H34N2O2S. The summed E-state index contributed by atoms with van der Waals surface area (Å²) in [7, 11) is 0. The van der Waals surface area contributed by atoms with E-state index in [1.807, 2.05) is 38.3 Å². The second kappa shape index (κ2) is 10.3. The third-order valence-corrected chi connectivity index (χ3v) is 8.12. The standard InChI is InChI=1S/C29H34N2O2S/c1-19(2)33-25-17-16-20-10-6-7-13-22(20)24(25)18-30-29-27(23-14-8-9-15-26(23)34-29)28(32)31-21-11-4-3-5-12-21/h6-7,10,13,16-19,21H,3-5,8-9,11-12,14-15H2,1-2H3,(H,31,32). The molecule has 0 saturated heterocycles. The topological polar surface area (TPSA) is 50.7 Å². The number of rotatable bonds is 6. The average Bonchev–Trinajstić information content (AvgIpc) is 3.22. The van der Waals surface area contributed by atoms with Crippen LogP contribution in [0.2, 0.25) is 0 Å². The number of hydrogen-bond donors (Lipinski definition) is 1. The lowest BCUT2D eigenvalue weighted by Gasteiger charge is -2.23. The number of aryl methyl sites for hydroxylation is 1. The van der Waals surface area contributed by atoms with Gasteiger partial charge < -0.3 is 10.1 Å². The summed E-state index contributed by atoms with van der Waals surface area (Å²) in [5.74, 6) is 0.891. The maximum Gasteiger partial charge on any atom is 0.254 e. The Labute approximate surface area is 206 Å². The molecule has 1 N–H and O–H groups in total. The van der Waals surface area contributed by atoms with Crippen LogP contribution in [-0.2, 0) is 12.8 Å². The molecule has 5 heteroatoms. The van der Waals surface area contributed by atoms with Gasteiger partial charge in [0.1, 0.15) is 10.8 Å². The molecule has 0 aliphatic heterocycles. The molecule has 4 nitrogen and oxygen atoms in total. The van der Waals surface area contributed by atoms with Crippen molar-refractivity contribution < 1.29 is 9.53 Å². The fourth-order valence-electron chi connectivity index (χ4n) is 5.27. The first-order chi connectivity index (χ1) is 16.6. The van der Waals surface area contributed by atoms with Crippen molar-refractivity contribution in [3.63, 3.8) is 0 Å². The molecule has 1 aromatic heterocycles. The molecule has 2 aliphatic carbocycles. The zero-order chi connectivity index (χ0) is 23.5. The van der Waals surface area contributed by atoms with Crippen molar-refractivity contribution in [2.75, 3.05) is 0 Å². The van der Waals surface area contributed by atoms with Crippen LogP contribution in [0, 0.1) is 0 Å². The normalized spacial score (nSPS) is 16.8. The Hall–Kier alpha value is -2.66. The van der Waals surface area contributed by atoms with Crippen molar-refractivity contribution in [1.82, 2.24) is 5.32 Å². The lowest BCUT2D eigenvalue weighted by atomic mass is 9.93. The largest absolute Gasteiger partial charge is 0.490 e. The number of thiophene rings is 1. The van der Waals surface area contributed by atoms with Gasteiger partial charge in [0.2, 0.25) is 0 Å². The van der Waals surface area contributed by atoms with Gasteiger partial charge in [0, 0.05) is 22.7 Å². The van der Waals surface area contributed by atoms with Gasteiger partial charge in [-0.2, -0.15) is 0 Å². The molecule has 3 aromatic rings. The number of ether oxygens (including phenoxy) is 1. The maximum atomic E-state index is 13.5. The summed E-state index contributed by atoms with van der Waals surface area (Å²) in [6.07, 6.45) is 12.2. The molecule has 1 heterocycles. The molecule has 1 amide bonds. The van der Waals surface area contributed by atoms with Gasteiger partial charge in [0.25, 0.3) is 5.91 Å². The Bertz CT molecular complexity index is 1200. The molecular weight excluding hydrogens is 440 g/mol. The van der Waals surface area contributed by atoms with E-state index in [-0.39, 0.29) is 12.0 Å². The minimum Gasteiger partial charge on any atom is -0.490 e. The zero-order valence-corrected chi connectivity index (χ0v) is 21.0. The summed E-state index contributed by atoms with van der Waals surface area (Å²) in [6, 6.07) is 12.7. The number of nitrogens with zero attached hydrogens (tertiary/aromatic N) is 1. The highest BCUT2D eigenvalue weighted by Gasteiger charge is 2.27. The third-order valence-electron chi connectivity index (χ3n) is 6.92. The number of carbonyl (C=O) groups is 1. The summed E-state index contributed by atoms with van der Waals surface area (Å²) in [5.41, 5.74) is 3.01. The fourth-order valence-corrected chi connectivity index (χ4v) is 6.50. The lowest BCUT2D eigenvalue weighted by molar-refractivity contribution is 0.0927. The highest BCUT2D eigenvalue weighted by Crippen LogP contribution is 2.40. The molecule has 0 unspecified atom stereocenters. The predicted octanol–water partition coefficient (Wildman–Crippen LogP) is 7.38. The van der Waals surface area contributed by atoms with Gasteiger partial charge in [-0.25, -0.2) is 4.99 Å². The summed E-state index contributed by atoms with van der Waals surface area (Å²) >= 11 is 1.70. The number of amides is 1. The Morgan fingerprint density at radius 2 is 1.85 bits per heavy atom. The van der Waals surface area contributed by atoms with Crippen LogP contribution in [0.1, 0.15) is 85.2 Å². The lowest BCUT2D eigenvalue weighted by Crippen LogP contribution is -2.36. The van der Waals surface area contributed by atoms with E-state index in [0.29, 0.717) is 6.04 Å². The first-order valence-electron chi connectivity index (χ1n) is 12.8. The minimum absolute atomic E-state index is 0.0648. The number of aliphatic imine (C=N–C) groups is 1. The second-order valence-corrected chi connectivity index (χ2v) is 10.9. The van der Waals surface area contributed by atoms with Crippen LogP contribution in [0.3, 0.4) is 0 Å². The number of fused-ring (bicyclic) bond motifs is 2. The van der Waals surface area contributed by atoms with Crippen LogP contribution in [-0.4, -0.2) is 24.3 Å². The van der Waals surface area contributed by atoms with Crippen LogP contribution in [0.25, 0.3) is 10.8 Å². The molecule has 0 bridgehead atoms. The molecule has 2 aliphatic rings. The van der Waals surface area contributed by atoms with E-state index in [0.717, 1.165) is 64.8 Å². The molecule has 0 spiro atoms. The number of carbonyl (C=O) groups excluding carboxylic acids is 1. The van der Waals surface area contributed by atoms with Crippen molar-refractivity contribution in [1.29, 1.82) is 0 Å². The molecule has 0 radical (unpaired) electrons. The number of hydrogen-bond acceptors (Lipinski definition) is 4. The monoisotopic (exact) mass is 474 g/mol. The van der Waals surface area contributed by atoms with Crippen LogP contribution >= 0.6 is 11.3 Å². The average molecular weight is 475 g/mol. The quantitative estimate of drug-likeness (QED) is 0.379. The Balaban J connectivity index is 1.53. The SMILES string of the molecule is CC(C)Oc1ccc2ccccc2c1C=Nc1sc2c(c1C(=O)NC1CCCCC1)CCCC2. The van der Waals surface area contributed by atoms with Gasteiger partial charge in [-0.15, -0.1) is 11.3 Å². The van der Waals surface area contributed by atoms with Crippen molar-refractivity contribution in [3.8, 4) is 5.75 Å². The van der Waals surface area contributed by atoms with Gasteiger partial charge in [-0.3, -0.25) is 4.79 Å². The van der Waals surface area contributed by atoms with Crippen molar-refractivity contribution in [2.24, 2.45) is 4.99 Å². The summed E-state index contributed by atoms with van der Waals surface area (Å²) in [5, 5.41) is 6.45. The fraction of sp³-hybridized carbons (Fsp3) is 0.448. The smallest absolute Gasteiger partial charge is 0.254 e. The molecule has 5 rings (SSSR count). The van der Waals surface area contributed by atoms with E-state index in [1.165, 1.54) is 36.1 Å². The summed E-state index contributed by atoms with van der Waals surface area (Å²) in [6.45, 7) is 4.08. The summed E-state index contributed by atoms with van der Waals surface area (Å²) in [4.78, 5) is 19.8. The summed E-state index contributed by atoms with van der Waals surface area (Å²) < 4.78 is 6.13. The third kappa shape index (κ3) is 4.90. The van der Waals surface area contributed by atoms with Gasteiger partial charge in [-0.1, -0.05) is 49.6 Å². The van der Waals surface area contributed by atoms with Crippen LogP contribution in [0.5, 0.6) is 5.75 Å².